The Balaban J connectivity index is 1.80. The quantitative estimate of drug-likeness (QED) is 0.429. The standard InChI is InChI=1S/C21H19FN2O3S2/c1-26-17-8-7-14(11-18(17)27-2)24-20(25)19-16(9-10-28-19)23-21(24)29-12-13-5-3-4-6-15(13)22/h3-8,11H,9-10,12H2,1-2H3. The van der Waals surface area contributed by atoms with E-state index in [1.165, 1.54) is 29.6 Å². The fourth-order valence-electron chi connectivity index (χ4n) is 3.14. The minimum absolute atomic E-state index is 0.110. The predicted molar refractivity (Wildman–Crippen MR) is 113 cm³/mol. The third-order valence-electron chi connectivity index (χ3n) is 4.61. The lowest BCUT2D eigenvalue weighted by atomic mass is 10.2. The van der Waals surface area contributed by atoms with Crippen LogP contribution < -0.4 is 15.0 Å². The van der Waals surface area contributed by atoms with E-state index in [4.69, 9.17) is 14.5 Å². The topological polar surface area (TPSA) is 53.4 Å². The molecule has 4 rings (SSSR count). The highest BCUT2D eigenvalue weighted by atomic mass is 32.2. The van der Waals surface area contributed by atoms with Crippen LogP contribution in [0.15, 0.2) is 57.3 Å². The van der Waals surface area contributed by atoms with Gasteiger partial charge in [-0.15, -0.1) is 11.8 Å². The Morgan fingerprint density at radius 3 is 2.72 bits per heavy atom. The first-order valence-electron chi connectivity index (χ1n) is 8.99. The van der Waals surface area contributed by atoms with Crippen molar-refractivity contribution in [3.8, 4) is 17.2 Å². The number of aromatic nitrogens is 2. The zero-order valence-electron chi connectivity index (χ0n) is 16.0. The number of nitrogens with zero attached hydrogens (tertiary/aromatic N) is 2. The number of hydrogen-bond donors (Lipinski definition) is 0. The number of thioether (sulfide) groups is 2. The number of ether oxygens (including phenoxy) is 2. The summed E-state index contributed by atoms with van der Waals surface area (Å²) >= 11 is 2.87. The molecule has 5 nitrogen and oxygen atoms in total. The summed E-state index contributed by atoms with van der Waals surface area (Å²) in [6.07, 6.45) is 0.759. The van der Waals surface area contributed by atoms with E-state index in [0.29, 0.717) is 38.6 Å². The van der Waals surface area contributed by atoms with Crippen LogP contribution in [0.25, 0.3) is 5.69 Å². The number of methoxy groups -OCH3 is 2. The van der Waals surface area contributed by atoms with Gasteiger partial charge < -0.3 is 9.47 Å². The fourth-order valence-corrected chi connectivity index (χ4v) is 5.18. The van der Waals surface area contributed by atoms with E-state index in [-0.39, 0.29) is 11.4 Å². The van der Waals surface area contributed by atoms with Crippen molar-refractivity contribution in [2.45, 2.75) is 22.2 Å². The van der Waals surface area contributed by atoms with E-state index in [1.54, 1.807) is 55.2 Å². The van der Waals surface area contributed by atoms with Gasteiger partial charge in [0.2, 0.25) is 0 Å². The van der Waals surface area contributed by atoms with Crippen molar-refractivity contribution in [1.29, 1.82) is 0 Å². The second-order valence-electron chi connectivity index (χ2n) is 6.33. The molecule has 0 amide bonds. The van der Waals surface area contributed by atoms with Gasteiger partial charge in [0.1, 0.15) is 5.82 Å². The van der Waals surface area contributed by atoms with Gasteiger partial charge in [0.05, 0.1) is 30.5 Å². The normalized spacial score (nSPS) is 12.7. The maximum atomic E-state index is 14.1. The second-order valence-corrected chi connectivity index (χ2v) is 8.38. The van der Waals surface area contributed by atoms with Gasteiger partial charge in [-0.05, 0) is 23.8 Å². The van der Waals surface area contributed by atoms with E-state index in [0.717, 1.165) is 17.9 Å². The molecule has 2 heterocycles. The van der Waals surface area contributed by atoms with Crippen LogP contribution in [0.3, 0.4) is 0 Å². The maximum Gasteiger partial charge on any atom is 0.272 e. The average molecular weight is 431 g/mol. The van der Waals surface area contributed by atoms with Crippen LogP contribution in [0, 0.1) is 5.82 Å². The number of hydrogen-bond acceptors (Lipinski definition) is 6. The molecule has 0 bridgehead atoms. The Hall–Kier alpha value is -2.45. The molecular formula is C21H19FN2O3S2. The van der Waals surface area contributed by atoms with E-state index < -0.39 is 0 Å². The minimum Gasteiger partial charge on any atom is -0.493 e. The summed E-state index contributed by atoms with van der Waals surface area (Å²) in [6.45, 7) is 0. The van der Waals surface area contributed by atoms with Gasteiger partial charge in [-0.2, -0.15) is 0 Å². The zero-order chi connectivity index (χ0) is 20.4. The van der Waals surface area contributed by atoms with Crippen LogP contribution in [-0.2, 0) is 12.2 Å². The van der Waals surface area contributed by atoms with Gasteiger partial charge in [-0.25, -0.2) is 9.37 Å². The summed E-state index contributed by atoms with van der Waals surface area (Å²) in [5.74, 6) is 2.05. The predicted octanol–water partition coefficient (Wildman–Crippen LogP) is 4.33. The summed E-state index contributed by atoms with van der Waals surface area (Å²) in [6, 6.07) is 11.9. The molecule has 0 spiro atoms. The SMILES string of the molecule is COc1ccc(-n2c(SCc3ccccc3F)nc3c(c2=O)SCC3)cc1OC. The first kappa shape index (κ1) is 19.8. The molecule has 0 aliphatic carbocycles. The van der Waals surface area contributed by atoms with Crippen molar-refractivity contribution in [2.24, 2.45) is 0 Å². The molecule has 0 N–H and O–H groups in total. The highest BCUT2D eigenvalue weighted by Crippen LogP contribution is 2.34. The Bertz CT molecular complexity index is 1120. The third kappa shape index (κ3) is 3.86. The molecule has 0 saturated heterocycles. The van der Waals surface area contributed by atoms with E-state index in [9.17, 15) is 9.18 Å². The van der Waals surface area contributed by atoms with Crippen molar-refractivity contribution in [2.75, 3.05) is 20.0 Å². The smallest absolute Gasteiger partial charge is 0.272 e. The fraction of sp³-hybridized carbons (Fsp3) is 0.238. The van der Waals surface area contributed by atoms with Crippen LogP contribution in [0.5, 0.6) is 11.5 Å². The van der Waals surface area contributed by atoms with Gasteiger partial charge in [-0.1, -0.05) is 30.0 Å². The van der Waals surface area contributed by atoms with Gasteiger partial charge in [0.15, 0.2) is 16.7 Å². The molecule has 1 aromatic heterocycles. The number of rotatable bonds is 6. The van der Waals surface area contributed by atoms with E-state index in [2.05, 4.69) is 0 Å². The molecule has 1 aliphatic rings. The number of aryl methyl sites for hydroxylation is 1. The molecule has 0 fully saturated rings. The number of halogens is 1. The molecule has 1 aliphatic heterocycles. The summed E-state index contributed by atoms with van der Waals surface area (Å²) in [5, 5.41) is 0.534. The molecular weight excluding hydrogens is 411 g/mol. The van der Waals surface area contributed by atoms with E-state index in [1.807, 2.05) is 0 Å². The molecule has 0 atom stereocenters. The second kappa shape index (κ2) is 8.51. The highest BCUT2D eigenvalue weighted by Gasteiger charge is 2.23. The van der Waals surface area contributed by atoms with Crippen LogP contribution in [-0.4, -0.2) is 29.5 Å². The Morgan fingerprint density at radius 1 is 1.17 bits per heavy atom. The largest absolute Gasteiger partial charge is 0.493 e. The van der Waals surface area contributed by atoms with E-state index >= 15 is 0 Å². The highest BCUT2D eigenvalue weighted by molar-refractivity contribution is 7.99. The first-order chi connectivity index (χ1) is 14.1. The van der Waals surface area contributed by atoms with Crippen molar-refractivity contribution in [3.05, 3.63) is 69.9 Å². The lowest BCUT2D eigenvalue weighted by Crippen LogP contribution is -2.24. The summed E-state index contributed by atoms with van der Waals surface area (Å²) < 4.78 is 26.3. The van der Waals surface area contributed by atoms with Gasteiger partial charge >= 0.3 is 0 Å². The monoisotopic (exact) mass is 430 g/mol. The summed E-state index contributed by atoms with van der Waals surface area (Å²) in [5.41, 5.74) is 1.90. The van der Waals surface area contributed by atoms with Gasteiger partial charge in [-0.3, -0.25) is 9.36 Å². The summed E-state index contributed by atoms with van der Waals surface area (Å²) in [7, 11) is 3.11. The Labute approximate surface area is 176 Å². The lowest BCUT2D eigenvalue weighted by Gasteiger charge is -2.16. The molecule has 8 heteroatoms. The lowest BCUT2D eigenvalue weighted by molar-refractivity contribution is 0.354. The molecule has 150 valence electrons. The van der Waals surface area contributed by atoms with Crippen molar-refractivity contribution in [3.63, 3.8) is 0 Å². The number of fused-ring (bicyclic) bond motifs is 1. The third-order valence-corrected chi connectivity index (χ3v) is 6.70. The maximum absolute atomic E-state index is 14.1. The first-order valence-corrected chi connectivity index (χ1v) is 11.0. The van der Waals surface area contributed by atoms with Crippen molar-refractivity contribution in [1.82, 2.24) is 9.55 Å². The molecule has 0 unspecified atom stereocenters. The molecule has 0 saturated carbocycles. The van der Waals surface area contributed by atoms with Gasteiger partial charge in [0, 0.05) is 24.0 Å². The van der Waals surface area contributed by atoms with Crippen LogP contribution in [0.4, 0.5) is 4.39 Å². The summed E-state index contributed by atoms with van der Waals surface area (Å²) in [4.78, 5) is 18.7. The molecule has 2 aromatic carbocycles. The zero-order valence-corrected chi connectivity index (χ0v) is 17.6. The van der Waals surface area contributed by atoms with Gasteiger partial charge in [0.25, 0.3) is 5.56 Å². The van der Waals surface area contributed by atoms with Crippen molar-refractivity contribution >= 4 is 23.5 Å². The van der Waals surface area contributed by atoms with Crippen LogP contribution in [0.1, 0.15) is 11.3 Å². The van der Waals surface area contributed by atoms with Crippen LogP contribution in [0.2, 0.25) is 0 Å². The average Bonchev–Trinajstić information content (AvgIpc) is 3.22. The van der Waals surface area contributed by atoms with Crippen molar-refractivity contribution < 1.29 is 13.9 Å². The number of benzene rings is 2. The Kier molecular flexibility index (Phi) is 5.82. The Morgan fingerprint density at radius 2 is 1.97 bits per heavy atom. The minimum atomic E-state index is -0.267. The van der Waals surface area contributed by atoms with Crippen LogP contribution >= 0.6 is 23.5 Å². The molecule has 3 aromatic rings. The molecule has 0 radical (unpaired) electrons. The molecule has 29 heavy (non-hydrogen) atoms.